The predicted octanol–water partition coefficient (Wildman–Crippen LogP) is 3.47. The number of fused-ring (bicyclic) bond motifs is 1. The Morgan fingerprint density at radius 2 is 1.96 bits per heavy atom. The number of anilines is 1. The van der Waals surface area contributed by atoms with Crippen molar-refractivity contribution in [3.05, 3.63) is 42.4 Å². The summed E-state index contributed by atoms with van der Waals surface area (Å²) >= 11 is 0. The molecule has 2 N–H and O–H groups in total. The van der Waals surface area contributed by atoms with E-state index in [2.05, 4.69) is 25.5 Å². The number of hydrogen-bond acceptors (Lipinski definition) is 5. The summed E-state index contributed by atoms with van der Waals surface area (Å²) < 4.78 is 41.1. The molecule has 0 aliphatic rings. The van der Waals surface area contributed by atoms with Crippen LogP contribution in [0.2, 0.25) is 0 Å². The van der Waals surface area contributed by atoms with E-state index < -0.39 is 12.8 Å². The quantitative estimate of drug-likeness (QED) is 0.746. The van der Waals surface area contributed by atoms with Crippen LogP contribution in [-0.4, -0.2) is 32.9 Å². The highest BCUT2D eigenvalue weighted by atomic mass is 19.4. The molecule has 2 aromatic heterocycles. The molecule has 0 saturated heterocycles. The summed E-state index contributed by atoms with van der Waals surface area (Å²) in [4.78, 5) is 8.24. The average molecular weight is 337 g/mol. The van der Waals surface area contributed by atoms with Crippen molar-refractivity contribution >= 4 is 16.9 Å². The zero-order valence-electron chi connectivity index (χ0n) is 12.6. The van der Waals surface area contributed by atoms with Crippen LogP contribution in [0.3, 0.4) is 0 Å². The zero-order chi connectivity index (χ0) is 17.2. The van der Waals surface area contributed by atoms with Gasteiger partial charge in [-0.25, -0.2) is 9.97 Å². The third-order valence-electron chi connectivity index (χ3n) is 3.38. The summed E-state index contributed by atoms with van der Waals surface area (Å²) in [6.45, 7) is 0.610. The van der Waals surface area contributed by atoms with Crippen LogP contribution < -0.4 is 10.1 Å². The van der Waals surface area contributed by atoms with Crippen LogP contribution in [0, 0.1) is 0 Å². The zero-order valence-corrected chi connectivity index (χ0v) is 12.6. The van der Waals surface area contributed by atoms with Gasteiger partial charge in [-0.15, -0.1) is 0 Å². The van der Waals surface area contributed by atoms with Crippen LogP contribution >= 0.6 is 0 Å². The molecule has 3 rings (SSSR count). The molecule has 1 aromatic carbocycles. The highest BCUT2D eigenvalue weighted by Gasteiger charge is 2.28. The molecule has 0 aliphatic carbocycles. The Bertz CT molecular complexity index is 816. The molecule has 24 heavy (non-hydrogen) atoms. The van der Waals surface area contributed by atoms with Crippen molar-refractivity contribution in [2.45, 2.75) is 19.1 Å². The lowest BCUT2D eigenvalue weighted by molar-refractivity contribution is -0.153. The van der Waals surface area contributed by atoms with Gasteiger partial charge in [0.1, 0.15) is 17.9 Å². The molecule has 0 bridgehead atoms. The van der Waals surface area contributed by atoms with E-state index in [0.29, 0.717) is 11.5 Å². The number of aromatic nitrogens is 4. The molecule has 0 fully saturated rings. The summed E-state index contributed by atoms with van der Waals surface area (Å²) in [5.41, 5.74) is 1.50. The maximum Gasteiger partial charge on any atom is 0.422 e. The fourth-order valence-electron chi connectivity index (χ4n) is 2.19. The van der Waals surface area contributed by atoms with E-state index in [1.54, 1.807) is 18.3 Å². The largest absolute Gasteiger partial charge is 0.484 e. The third kappa shape index (κ3) is 3.73. The molecule has 6 nitrogen and oxygen atoms in total. The molecule has 0 radical (unpaired) electrons. The van der Waals surface area contributed by atoms with Gasteiger partial charge in [0.25, 0.3) is 0 Å². The van der Waals surface area contributed by atoms with Crippen LogP contribution in [-0.2, 0) is 0 Å². The van der Waals surface area contributed by atoms with Crippen molar-refractivity contribution in [2.75, 3.05) is 11.9 Å². The summed E-state index contributed by atoms with van der Waals surface area (Å²) in [5, 5.41) is 10.7. The van der Waals surface area contributed by atoms with Crippen LogP contribution in [0.15, 0.2) is 36.8 Å². The molecule has 0 amide bonds. The van der Waals surface area contributed by atoms with Crippen LogP contribution in [0.1, 0.15) is 18.5 Å². The highest BCUT2D eigenvalue weighted by Crippen LogP contribution is 2.25. The molecule has 1 unspecified atom stereocenters. The molecule has 0 aliphatic heterocycles. The smallest absolute Gasteiger partial charge is 0.422 e. The first-order valence-electron chi connectivity index (χ1n) is 7.12. The minimum Gasteiger partial charge on any atom is -0.484 e. The maximum absolute atomic E-state index is 12.1. The molecule has 1 atom stereocenters. The standard InChI is InChI=1S/C15H14F3N5O/c1-9(22-13-12-6-21-23-14(12)20-8-19-13)10-2-4-11(5-3-10)24-7-15(16,17)18/h2-6,8-9H,7H2,1H3,(H2,19,20,21,22,23). The van der Waals surface area contributed by atoms with Gasteiger partial charge in [0, 0.05) is 6.04 Å². The van der Waals surface area contributed by atoms with Crippen molar-refractivity contribution in [1.29, 1.82) is 0 Å². The Kier molecular flexibility index (Phi) is 4.24. The van der Waals surface area contributed by atoms with Crippen molar-refractivity contribution in [1.82, 2.24) is 20.2 Å². The first-order valence-corrected chi connectivity index (χ1v) is 7.12. The summed E-state index contributed by atoms with van der Waals surface area (Å²) in [6.07, 6.45) is -1.31. The van der Waals surface area contributed by atoms with Gasteiger partial charge in [-0.1, -0.05) is 12.1 Å². The van der Waals surface area contributed by atoms with E-state index >= 15 is 0 Å². The number of aromatic amines is 1. The van der Waals surface area contributed by atoms with Crippen LogP contribution in [0.5, 0.6) is 5.75 Å². The number of hydrogen-bond donors (Lipinski definition) is 2. The van der Waals surface area contributed by atoms with Gasteiger partial charge >= 0.3 is 6.18 Å². The second-order valence-corrected chi connectivity index (χ2v) is 5.19. The number of rotatable bonds is 5. The van der Waals surface area contributed by atoms with E-state index in [4.69, 9.17) is 4.74 Å². The molecule has 3 aromatic rings. The lowest BCUT2D eigenvalue weighted by atomic mass is 10.1. The second kappa shape index (κ2) is 6.34. The van der Waals surface area contributed by atoms with Crippen molar-refractivity contribution in [2.24, 2.45) is 0 Å². The first kappa shape index (κ1) is 16.0. The number of benzene rings is 1. The second-order valence-electron chi connectivity index (χ2n) is 5.19. The van der Waals surface area contributed by atoms with E-state index in [0.717, 1.165) is 10.9 Å². The van der Waals surface area contributed by atoms with Gasteiger partial charge < -0.3 is 10.1 Å². The van der Waals surface area contributed by atoms with Gasteiger partial charge in [-0.2, -0.15) is 18.3 Å². The molecule has 9 heteroatoms. The average Bonchev–Trinajstić information content (AvgIpc) is 3.02. The molecule has 0 spiro atoms. The van der Waals surface area contributed by atoms with E-state index in [1.165, 1.54) is 18.5 Å². The van der Waals surface area contributed by atoms with Crippen LogP contribution in [0.4, 0.5) is 19.0 Å². The topological polar surface area (TPSA) is 75.7 Å². The lowest BCUT2D eigenvalue weighted by Gasteiger charge is -2.16. The SMILES string of the molecule is CC(Nc1ncnc2[nH]ncc12)c1ccc(OCC(F)(F)F)cc1. The highest BCUT2D eigenvalue weighted by molar-refractivity contribution is 5.85. The van der Waals surface area contributed by atoms with Crippen molar-refractivity contribution in [3.63, 3.8) is 0 Å². The van der Waals surface area contributed by atoms with E-state index in [-0.39, 0.29) is 11.8 Å². The first-order chi connectivity index (χ1) is 11.4. The number of nitrogens with one attached hydrogen (secondary N) is 2. The minimum absolute atomic E-state index is 0.116. The number of nitrogens with zero attached hydrogens (tertiary/aromatic N) is 3. The van der Waals surface area contributed by atoms with E-state index in [1.807, 2.05) is 6.92 Å². The van der Waals surface area contributed by atoms with Crippen molar-refractivity contribution < 1.29 is 17.9 Å². The number of halogens is 3. The third-order valence-corrected chi connectivity index (χ3v) is 3.38. The van der Waals surface area contributed by atoms with E-state index in [9.17, 15) is 13.2 Å². The number of H-pyrrole nitrogens is 1. The van der Waals surface area contributed by atoms with Crippen LogP contribution in [0.25, 0.3) is 11.0 Å². The van der Waals surface area contributed by atoms with Gasteiger partial charge in [-0.3, -0.25) is 5.10 Å². The van der Waals surface area contributed by atoms with Gasteiger partial charge in [0.2, 0.25) is 0 Å². The molecule has 0 saturated carbocycles. The number of ether oxygens (including phenoxy) is 1. The lowest BCUT2D eigenvalue weighted by Crippen LogP contribution is -2.19. The summed E-state index contributed by atoms with van der Waals surface area (Å²) in [5.74, 6) is 0.793. The Balaban J connectivity index is 1.69. The van der Waals surface area contributed by atoms with Gasteiger partial charge in [0.05, 0.1) is 11.6 Å². The minimum atomic E-state index is -4.35. The fourth-order valence-corrected chi connectivity index (χ4v) is 2.19. The predicted molar refractivity (Wildman–Crippen MR) is 81.7 cm³/mol. The summed E-state index contributed by atoms with van der Waals surface area (Å²) in [7, 11) is 0. The summed E-state index contributed by atoms with van der Waals surface area (Å²) in [6, 6.07) is 6.31. The Morgan fingerprint density at radius 3 is 2.67 bits per heavy atom. The normalized spacial score (nSPS) is 13.0. The van der Waals surface area contributed by atoms with Crippen molar-refractivity contribution in [3.8, 4) is 5.75 Å². The number of alkyl halides is 3. The molecular formula is C15H14F3N5O. The molecule has 2 heterocycles. The Morgan fingerprint density at radius 1 is 1.21 bits per heavy atom. The Labute approximate surface area is 135 Å². The maximum atomic E-state index is 12.1. The van der Waals surface area contributed by atoms with Gasteiger partial charge in [0.15, 0.2) is 12.3 Å². The molecular weight excluding hydrogens is 323 g/mol. The molecule has 126 valence electrons. The van der Waals surface area contributed by atoms with Gasteiger partial charge in [-0.05, 0) is 24.6 Å². The Hall–Kier alpha value is -2.84. The fraction of sp³-hybridized carbons (Fsp3) is 0.267. The monoisotopic (exact) mass is 337 g/mol.